The van der Waals surface area contributed by atoms with Gasteiger partial charge in [-0.15, -0.1) is 0 Å². The lowest BCUT2D eigenvalue weighted by Crippen LogP contribution is -2.29. The van der Waals surface area contributed by atoms with Gasteiger partial charge in [-0.3, -0.25) is 14.5 Å². The molecule has 0 aliphatic carbocycles. The number of Topliss-reactive ketones (excluding diaryl/α,β-unsaturated/α-hetero) is 1. The van der Waals surface area contributed by atoms with Crippen LogP contribution in [0.2, 0.25) is 0 Å². The summed E-state index contributed by atoms with van der Waals surface area (Å²) in [5.41, 5.74) is 3.59. The molecule has 37 heavy (non-hydrogen) atoms. The molecule has 3 aromatic rings. The van der Waals surface area contributed by atoms with Crippen molar-refractivity contribution in [2.24, 2.45) is 0 Å². The van der Waals surface area contributed by atoms with Gasteiger partial charge < -0.3 is 14.9 Å². The van der Waals surface area contributed by atoms with Gasteiger partial charge in [-0.05, 0) is 67.6 Å². The molecule has 1 saturated heterocycles. The molecule has 6 heteroatoms. The third-order valence-corrected chi connectivity index (χ3v) is 6.55. The first-order chi connectivity index (χ1) is 17.4. The zero-order valence-electron chi connectivity index (χ0n) is 22.1. The number of amides is 1. The Labute approximate surface area is 217 Å². The zero-order valence-corrected chi connectivity index (χ0v) is 22.1. The van der Waals surface area contributed by atoms with Gasteiger partial charge in [0.05, 0.1) is 23.9 Å². The summed E-state index contributed by atoms with van der Waals surface area (Å²) in [6, 6.07) is 16.7. The SMILES string of the molecule is CCOc1ccc(/C(O)=C2/C(=O)C(=O)N(c3cc(C)ccc3O)C2c2cccc(C)c2)cc1C(C)(C)C. The van der Waals surface area contributed by atoms with Crippen molar-refractivity contribution in [3.63, 3.8) is 0 Å². The highest BCUT2D eigenvalue weighted by Crippen LogP contribution is 2.45. The van der Waals surface area contributed by atoms with Crippen molar-refractivity contribution < 1.29 is 24.5 Å². The molecule has 1 atom stereocenters. The molecule has 0 radical (unpaired) electrons. The van der Waals surface area contributed by atoms with Gasteiger partial charge in [-0.1, -0.05) is 56.7 Å². The number of carbonyl (C=O) groups excluding carboxylic acids is 2. The van der Waals surface area contributed by atoms with E-state index < -0.39 is 17.7 Å². The molecule has 0 saturated carbocycles. The number of aliphatic hydroxyl groups excluding tert-OH is 1. The van der Waals surface area contributed by atoms with Crippen molar-refractivity contribution in [3.8, 4) is 11.5 Å². The van der Waals surface area contributed by atoms with Crippen molar-refractivity contribution in [1.82, 2.24) is 0 Å². The Balaban J connectivity index is 1.98. The van der Waals surface area contributed by atoms with Gasteiger partial charge in [-0.25, -0.2) is 0 Å². The predicted octanol–water partition coefficient (Wildman–Crippen LogP) is 6.33. The molecule has 1 amide bonds. The summed E-state index contributed by atoms with van der Waals surface area (Å²) < 4.78 is 5.81. The van der Waals surface area contributed by atoms with Gasteiger partial charge in [0.1, 0.15) is 17.3 Å². The minimum absolute atomic E-state index is 0.0273. The largest absolute Gasteiger partial charge is 0.507 e. The van der Waals surface area contributed by atoms with Crippen LogP contribution in [0.3, 0.4) is 0 Å². The summed E-state index contributed by atoms with van der Waals surface area (Å²) in [5.74, 6) is -1.31. The van der Waals surface area contributed by atoms with Crippen molar-refractivity contribution in [3.05, 3.63) is 94.1 Å². The van der Waals surface area contributed by atoms with Crippen molar-refractivity contribution in [2.45, 2.75) is 53.0 Å². The number of ketones is 1. The smallest absolute Gasteiger partial charge is 0.300 e. The van der Waals surface area contributed by atoms with Crippen LogP contribution in [0.5, 0.6) is 11.5 Å². The van der Waals surface area contributed by atoms with E-state index >= 15 is 0 Å². The van der Waals surface area contributed by atoms with Gasteiger partial charge >= 0.3 is 0 Å². The summed E-state index contributed by atoms with van der Waals surface area (Å²) in [6.07, 6.45) is 0. The Kier molecular flexibility index (Phi) is 6.87. The Morgan fingerprint density at radius 3 is 2.32 bits per heavy atom. The molecule has 0 bridgehead atoms. The van der Waals surface area contributed by atoms with E-state index in [1.807, 2.05) is 71.9 Å². The first-order valence-corrected chi connectivity index (χ1v) is 12.4. The third kappa shape index (κ3) is 4.84. The molecule has 1 aliphatic rings. The highest BCUT2D eigenvalue weighted by molar-refractivity contribution is 6.52. The number of carbonyl (C=O) groups is 2. The number of anilines is 1. The number of rotatable bonds is 5. The number of phenolic OH excluding ortho intramolecular Hbond substituents is 1. The summed E-state index contributed by atoms with van der Waals surface area (Å²) in [6.45, 7) is 12.3. The maximum Gasteiger partial charge on any atom is 0.300 e. The van der Waals surface area contributed by atoms with E-state index in [1.54, 1.807) is 24.3 Å². The Bertz CT molecular complexity index is 1410. The van der Waals surface area contributed by atoms with Gasteiger partial charge in [0.2, 0.25) is 0 Å². The second-order valence-electron chi connectivity index (χ2n) is 10.5. The molecule has 1 unspecified atom stereocenters. The van der Waals surface area contributed by atoms with Gasteiger partial charge in [-0.2, -0.15) is 0 Å². The minimum atomic E-state index is -0.919. The number of benzene rings is 3. The molecular weight excluding hydrogens is 466 g/mol. The number of aliphatic hydroxyl groups is 1. The normalized spacial score (nSPS) is 17.4. The van der Waals surface area contributed by atoms with Gasteiger partial charge in [0.15, 0.2) is 0 Å². The van der Waals surface area contributed by atoms with Crippen LogP contribution in [-0.2, 0) is 15.0 Å². The average molecular weight is 500 g/mol. The first kappa shape index (κ1) is 26.0. The maximum absolute atomic E-state index is 13.5. The lowest BCUT2D eigenvalue weighted by molar-refractivity contribution is -0.132. The second-order valence-corrected chi connectivity index (χ2v) is 10.5. The van der Waals surface area contributed by atoms with Crippen molar-refractivity contribution >= 4 is 23.1 Å². The molecule has 1 aliphatic heterocycles. The molecular formula is C31H33NO5. The van der Waals surface area contributed by atoms with Crippen molar-refractivity contribution in [1.29, 1.82) is 0 Å². The molecule has 1 fully saturated rings. The van der Waals surface area contributed by atoms with E-state index in [0.717, 1.165) is 16.7 Å². The lowest BCUT2D eigenvalue weighted by Gasteiger charge is -2.27. The van der Waals surface area contributed by atoms with E-state index in [9.17, 15) is 19.8 Å². The summed E-state index contributed by atoms with van der Waals surface area (Å²) in [5, 5.41) is 22.3. The fraction of sp³-hybridized carbons (Fsp3) is 0.290. The standard InChI is InChI=1S/C31H33NO5/c1-7-37-25-14-12-21(17-22(25)31(4,5)6)28(34)26-27(20-10-8-9-18(2)15-20)32(30(36)29(26)35)23-16-19(3)11-13-24(23)33/h8-17,27,33-34H,7H2,1-6H3/b28-26-. The molecule has 0 aromatic heterocycles. The summed E-state index contributed by atoms with van der Waals surface area (Å²) in [7, 11) is 0. The van der Waals surface area contributed by atoms with Crippen molar-refractivity contribution in [2.75, 3.05) is 11.5 Å². The number of aromatic hydroxyl groups is 1. The molecule has 3 aromatic carbocycles. The fourth-order valence-corrected chi connectivity index (χ4v) is 4.76. The van der Waals surface area contributed by atoms with E-state index in [2.05, 4.69) is 0 Å². The summed E-state index contributed by atoms with van der Waals surface area (Å²) >= 11 is 0. The highest BCUT2D eigenvalue weighted by atomic mass is 16.5. The molecule has 1 heterocycles. The fourth-order valence-electron chi connectivity index (χ4n) is 4.76. The molecule has 2 N–H and O–H groups in total. The Morgan fingerprint density at radius 1 is 0.973 bits per heavy atom. The van der Waals surface area contributed by atoms with E-state index in [-0.39, 0.29) is 28.2 Å². The summed E-state index contributed by atoms with van der Waals surface area (Å²) in [4.78, 5) is 28.2. The minimum Gasteiger partial charge on any atom is -0.507 e. The topological polar surface area (TPSA) is 87.1 Å². The second kappa shape index (κ2) is 9.77. The molecule has 192 valence electrons. The van der Waals surface area contributed by atoms with E-state index in [0.29, 0.717) is 23.5 Å². The number of aryl methyl sites for hydroxylation is 2. The van der Waals surface area contributed by atoms with Crippen LogP contribution in [0.15, 0.2) is 66.2 Å². The molecule has 6 nitrogen and oxygen atoms in total. The highest BCUT2D eigenvalue weighted by Gasteiger charge is 2.47. The van der Waals surface area contributed by atoms with Crippen LogP contribution in [0.4, 0.5) is 5.69 Å². The van der Waals surface area contributed by atoms with Crippen LogP contribution in [0.1, 0.15) is 61.6 Å². The monoisotopic (exact) mass is 499 g/mol. The number of phenols is 1. The van der Waals surface area contributed by atoms with Crippen LogP contribution < -0.4 is 9.64 Å². The van der Waals surface area contributed by atoms with E-state index in [4.69, 9.17) is 4.74 Å². The Morgan fingerprint density at radius 2 is 1.68 bits per heavy atom. The molecule has 0 spiro atoms. The van der Waals surface area contributed by atoms with Gasteiger partial charge in [0, 0.05) is 11.1 Å². The zero-order chi connectivity index (χ0) is 27.1. The van der Waals surface area contributed by atoms with E-state index in [1.165, 1.54) is 11.0 Å². The maximum atomic E-state index is 13.5. The quantitative estimate of drug-likeness (QED) is 0.243. The first-order valence-electron chi connectivity index (χ1n) is 12.4. The van der Waals surface area contributed by atoms with Crippen LogP contribution in [0, 0.1) is 13.8 Å². The lowest BCUT2D eigenvalue weighted by atomic mass is 9.84. The number of hydrogen-bond donors (Lipinski definition) is 2. The predicted molar refractivity (Wildman–Crippen MR) is 145 cm³/mol. The Hall–Kier alpha value is -4.06. The third-order valence-electron chi connectivity index (χ3n) is 6.55. The van der Waals surface area contributed by atoms with Crippen LogP contribution >= 0.6 is 0 Å². The number of nitrogens with zero attached hydrogens (tertiary/aromatic N) is 1. The molecule has 4 rings (SSSR count). The van der Waals surface area contributed by atoms with Crippen LogP contribution in [-0.4, -0.2) is 28.5 Å². The van der Waals surface area contributed by atoms with Crippen LogP contribution in [0.25, 0.3) is 5.76 Å². The number of ether oxygens (including phenoxy) is 1. The average Bonchev–Trinajstić information content (AvgIpc) is 3.10. The van der Waals surface area contributed by atoms with Gasteiger partial charge in [0.25, 0.3) is 11.7 Å². The number of hydrogen-bond acceptors (Lipinski definition) is 5.